The van der Waals surface area contributed by atoms with Crippen LogP contribution >= 0.6 is 0 Å². The Bertz CT molecular complexity index is 565. The van der Waals surface area contributed by atoms with Gasteiger partial charge in [0.05, 0.1) is 0 Å². The highest BCUT2D eigenvalue weighted by molar-refractivity contribution is 5.73. The van der Waals surface area contributed by atoms with Gasteiger partial charge in [0.1, 0.15) is 0 Å². The van der Waals surface area contributed by atoms with E-state index in [9.17, 15) is 0 Å². The molecule has 20 heavy (non-hydrogen) atoms. The molecule has 0 unspecified atom stereocenters. The second-order valence-electron chi connectivity index (χ2n) is 4.63. The van der Waals surface area contributed by atoms with Gasteiger partial charge in [-0.15, -0.1) is 0 Å². The molecule has 104 valence electrons. The molecule has 0 fully saturated rings. The Hall–Kier alpha value is -2.28. The summed E-state index contributed by atoms with van der Waals surface area (Å²) in [5.74, 6) is 0. The van der Waals surface area contributed by atoms with Crippen LogP contribution in [0.25, 0.3) is 5.57 Å². The predicted molar refractivity (Wildman–Crippen MR) is 89.3 cm³/mol. The highest BCUT2D eigenvalue weighted by Crippen LogP contribution is 2.16. The molecule has 0 spiro atoms. The molecular weight excluding hydrogens is 242 g/mol. The van der Waals surface area contributed by atoms with Crippen molar-refractivity contribution < 1.29 is 0 Å². The maximum Gasteiger partial charge on any atom is -0.00563 e. The molecule has 0 amide bonds. The fourth-order valence-electron chi connectivity index (χ4n) is 1.82. The van der Waals surface area contributed by atoms with Crippen LogP contribution in [0.3, 0.4) is 0 Å². The summed E-state index contributed by atoms with van der Waals surface area (Å²) < 4.78 is 0. The van der Waals surface area contributed by atoms with Crippen LogP contribution in [0, 0.1) is 13.8 Å². The molecule has 1 heteroatoms. The summed E-state index contributed by atoms with van der Waals surface area (Å²) in [4.78, 5) is 0. The van der Waals surface area contributed by atoms with Gasteiger partial charge < -0.3 is 5.73 Å². The van der Waals surface area contributed by atoms with Crippen molar-refractivity contribution in [3.8, 4) is 0 Å². The van der Waals surface area contributed by atoms with Gasteiger partial charge in [0.2, 0.25) is 0 Å². The Morgan fingerprint density at radius 3 is 2.00 bits per heavy atom. The largest absolute Gasteiger partial charge is 0.405 e. The quantitative estimate of drug-likeness (QED) is 0.770. The third-order valence-corrected chi connectivity index (χ3v) is 2.88. The molecule has 0 atom stereocenters. The molecule has 0 aromatic heterocycles. The molecule has 0 saturated carbocycles. The van der Waals surface area contributed by atoms with Crippen molar-refractivity contribution in [3.05, 3.63) is 89.6 Å². The number of aryl methyl sites for hydroxylation is 2. The number of hydrogen-bond acceptors (Lipinski definition) is 1. The Labute approximate surface area is 122 Å². The monoisotopic (exact) mass is 265 g/mol. The van der Waals surface area contributed by atoms with Crippen LogP contribution < -0.4 is 5.73 Å². The number of benzene rings is 2. The van der Waals surface area contributed by atoms with Crippen molar-refractivity contribution >= 4 is 5.57 Å². The van der Waals surface area contributed by atoms with Gasteiger partial charge in [-0.1, -0.05) is 71.8 Å². The van der Waals surface area contributed by atoms with E-state index in [1.54, 1.807) is 6.20 Å². The third-order valence-electron chi connectivity index (χ3n) is 2.88. The molecule has 2 N–H and O–H groups in total. The first-order valence-corrected chi connectivity index (χ1v) is 6.80. The lowest BCUT2D eigenvalue weighted by Gasteiger charge is -2.02. The summed E-state index contributed by atoms with van der Waals surface area (Å²) in [7, 11) is 0. The molecule has 0 heterocycles. The SMILES string of the molecule is C/C=C(\C=C/N)c1cccc(C)c1.Cc1ccccc1. The van der Waals surface area contributed by atoms with E-state index >= 15 is 0 Å². The van der Waals surface area contributed by atoms with E-state index in [1.807, 2.05) is 31.2 Å². The van der Waals surface area contributed by atoms with E-state index in [0.29, 0.717) is 0 Å². The second-order valence-corrected chi connectivity index (χ2v) is 4.63. The molecule has 0 bridgehead atoms. The molecule has 2 aromatic carbocycles. The van der Waals surface area contributed by atoms with Crippen molar-refractivity contribution in [2.45, 2.75) is 20.8 Å². The lowest BCUT2D eigenvalue weighted by molar-refractivity contribution is 1.44. The molecule has 1 nitrogen and oxygen atoms in total. The number of rotatable bonds is 2. The molecular formula is C19H23N. The zero-order valence-electron chi connectivity index (χ0n) is 12.5. The average Bonchev–Trinajstić information content (AvgIpc) is 2.46. The van der Waals surface area contributed by atoms with Gasteiger partial charge in [-0.2, -0.15) is 0 Å². The zero-order chi connectivity index (χ0) is 14.8. The summed E-state index contributed by atoms with van der Waals surface area (Å²) in [6.07, 6.45) is 5.53. The van der Waals surface area contributed by atoms with Crippen LogP contribution in [-0.4, -0.2) is 0 Å². The summed E-state index contributed by atoms with van der Waals surface area (Å²) >= 11 is 0. The van der Waals surface area contributed by atoms with Crippen molar-refractivity contribution in [2.24, 2.45) is 5.73 Å². The minimum atomic E-state index is 1.16. The standard InChI is InChI=1S/C12H15N.C7H8/c1-3-11(7-8-13)12-6-4-5-10(2)9-12;1-7-5-3-2-4-6-7/h3-9H,13H2,1-2H3;2-6H,1H3/b8-7-,11-3+;. The van der Waals surface area contributed by atoms with Crippen LogP contribution in [0.1, 0.15) is 23.6 Å². The van der Waals surface area contributed by atoms with E-state index < -0.39 is 0 Å². The maximum atomic E-state index is 5.36. The van der Waals surface area contributed by atoms with Gasteiger partial charge in [-0.05, 0) is 44.2 Å². The Balaban J connectivity index is 0.000000240. The van der Waals surface area contributed by atoms with Gasteiger partial charge in [0.25, 0.3) is 0 Å². The van der Waals surface area contributed by atoms with Crippen LogP contribution in [0.2, 0.25) is 0 Å². The highest BCUT2D eigenvalue weighted by Gasteiger charge is 1.95. The molecule has 0 aliphatic heterocycles. The highest BCUT2D eigenvalue weighted by atomic mass is 14.5. The normalized spacial score (nSPS) is 11.1. The van der Waals surface area contributed by atoms with Crippen molar-refractivity contribution in [2.75, 3.05) is 0 Å². The van der Waals surface area contributed by atoms with Crippen molar-refractivity contribution in [1.29, 1.82) is 0 Å². The zero-order valence-corrected chi connectivity index (χ0v) is 12.5. The van der Waals surface area contributed by atoms with Gasteiger partial charge >= 0.3 is 0 Å². The third kappa shape index (κ3) is 5.57. The van der Waals surface area contributed by atoms with Gasteiger partial charge in [-0.25, -0.2) is 0 Å². The Morgan fingerprint density at radius 1 is 0.900 bits per heavy atom. The number of nitrogens with two attached hydrogens (primary N) is 1. The molecule has 0 radical (unpaired) electrons. The number of hydrogen-bond donors (Lipinski definition) is 1. The molecule has 2 aromatic rings. The van der Waals surface area contributed by atoms with E-state index in [2.05, 4.69) is 56.3 Å². The second kappa shape index (κ2) is 8.76. The van der Waals surface area contributed by atoms with Gasteiger partial charge in [-0.3, -0.25) is 0 Å². The van der Waals surface area contributed by atoms with Gasteiger partial charge in [0.15, 0.2) is 0 Å². The fraction of sp³-hybridized carbons (Fsp3) is 0.158. The number of allylic oxidation sites excluding steroid dienone is 3. The van der Waals surface area contributed by atoms with Crippen LogP contribution in [0.5, 0.6) is 0 Å². The predicted octanol–water partition coefficient (Wildman–Crippen LogP) is 4.87. The minimum absolute atomic E-state index is 1.16. The lowest BCUT2D eigenvalue weighted by atomic mass is 10.0. The fourth-order valence-corrected chi connectivity index (χ4v) is 1.82. The van der Waals surface area contributed by atoms with E-state index in [4.69, 9.17) is 5.73 Å². The summed E-state index contributed by atoms with van der Waals surface area (Å²) in [6, 6.07) is 18.6. The van der Waals surface area contributed by atoms with Crippen LogP contribution in [-0.2, 0) is 0 Å². The maximum absolute atomic E-state index is 5.36. The molecule has 0 aliphatic rings. The van der Waals surface area contributed by atoms with Crippen LogP contribution in [0.4, 0.5) is 0 Å². The lowest BCUT2D eigenvalue weighted by Crippen LogP contribution is -1.84. The van der Waals surface area contributed by atoms with E-state index in [1.165, 1.54) is 16.7 Å². The smallest absolute Gasteiger partial charge is 0.00563 e. The van der Waals surface area contributed by atoms with E-state index in [0.717, 1.165) is 5.57 Å². The van der Waals surface area contributed by atoms with Crippen LogP contribution in [0.15, 0.2) is 72.9 Å². The topological polar surface area (TPSA) is 26.0 Å². The van der Waals surface area contributed by atoms with Crippen molar-refractivity contribution in [1.82, 2.24) is 0 Å². The van der Waals surface area contributed by atoms with Gasteiger partial charge in [0, 0.05) is 0 Å². The van der Waals surface area contributed by atoms with Crippen molar-refractivity contribution in [3.63, 3.8) is 0 Å². The first-order valence-electron chi connectivity index (χ1n) is 6.80. The average molecular weight is 265 g/mol. The summed E-state index contributed by atoms with van der Waals surface area (Å²) in [5, 5.41) is 0. The minimum Gasteiger partial charge on any atom is -0.405 e. The Morgan fingerprint density at radius 2 is 1.55 bits per heavy atom. The first kappa shape index (κ1) is 15.8. The molecule has 2 rings (SSSR count). The summed E-state index contributed by atoms with van der Waals surface area (Å²) in [5.41, 5.74) is 10.3. The Kier molecular flexibility index (Phi) is 6.91. The summed E-state index contributed by atoms with van der Waals surface area (Å²) in [6.45, 7) is 6.18. The first-order chi connectivity index (χ1) is 9.67. The molecule has 0 aliphatic carbocycles. The van der Waals surface area contributed by atoms with E-state index in [-0.39, 0.29) is 0 Å². The molecule has 0 saturated heterocycles.